The van der Waals surface area contributed by atoms with Crippen molar-refractivity contribution in [2.45, 2.75) is 52.4 Å². The van der Waals surface area contributed by atoms with Crippen LogP contribution in [0.4, 0.5) is 28.8 Å². The van der Waals surface area contributed by atoms with Crippen LogP contribution in [-0.2, 0) is 22.6 Å². The van der Waals surface area contributed by atoms with Gasteiger partial charge < -0.3 is 29.9 Å². The van der Waals surface area contributed by atoms with E-state index in [1.165, 1.54) is 0 Å². The molecule has 5 rings (SSSR count). The van der Waals surface area contributed by atoms with Crippen LogP contribution in [0.1, 0.15) is 38.6 Å². The van der Waals surface area contributed by atoms with Crippen LogP contribution in [0, 0.1) is 0 Å². The number of benzene rings is 1. The molecule has 0 saturated carbocycles. The van der Waals surface area contributed by atoms with Gasteiger partial charge in [-0.3, -0.25) is 9.69 Å². The quantitative estimate of drug-likeness (QED) is 0.344. The van der Waals surface area contributed by atoms with E-state index in [1.54, 1.807) is 25.3 Å². The molecule has 3 N–H and O–H groups in total. The summed E-state index contributed by atoms with van der Waals surface area (Å²) in [6.07, 6.45) is 2.39. The number of nitrogens with zero attached hydrogens (tertiary/aromatic N) is 7. The highest BCUT2D eigenvalue weighted by Crippen LogP contribution is 2.37. The number of rotatable bonds is 10. The highest BCUT2D eigenvalue weighted by atomic mass is 16.5. The van der Waals surface area contributed by atoms with Crippen LogP contribution in [0.5, 0.6) is 5.75 Å². The highest BCUT2D eigenvalue weighted by molar-refractivity contribution is 6.04. The summed E-state index contributed by atoms with van der Waals surface area (Å²) in [4.78, 5) is 28.3. The number of ether oxygens (including phenoxy) is 2. The summed E-state index contributed by atoms with van der Waals surface area (Å²) in [7, 11) is 3.40. The minimum atomic E-state index is -0.265. The van der Waals surface area contributed by atoms with Crippen molar-refractivity contribution in [1.29, 1.82) is 0 Å². The van der Waals surface area contributed by atoms with Crippen molar-refractivity contribution < 1.29 is 14.3 Å². The third-order valence-electron chi connectivity index (χ3n) is 7.34. The molecule has 1 aromatic carbocycles. The molecule has 1 fully saturated rings. The second kappa shape index (κ2) is 12.0. The molecule has 4 heterocycles. The number of methoxy groups -OCH3 is 1. The zero-order valence-electron chi connectivity index (χ0n) is 23.8. The minimum absolute atomic E-state index is 0.0524. The second-order valence-corrected chi connectivity index (χ2v) is 10.2. The average molecular weight is 551 g/mol. The molecule has 2 aliphatic heterocycles. The lowest BCUT2D eigenvalue weighted by Gasteiger charge is -2.42. The Morgan fingerprint density at radius 3 is 2.70 bits per heavy atom. The summed E-state index contributed by atoms with van der Waals surface area (Å²) < 4.78 is 11.1. The maximum Gasteiger partial charge on any atom is 0.249 e. The number of aromatic nitrogens is 5. The van der Waals surface area contributed by atoms with E-state index in [1.807, 2.05) is 25.1 Å². The minimum Gasteiger partial charge on any atom is -0.494 e. The smallest absolute Gasteiger partial charge is 0.249 e. The molecular weight excluding hydrogens is 512 g/mol. The molecule has 214 valence electrons. The van der Waals surface area contributed by atoms with Gasteiger partial charge in [-0.25, -0.2) is 4.98 Å². The number of amides is 1. The average Bonchev–Trinajstić information content (AvgIpc) is 3.41. The predicted octanol–water partition coefficient (Wildman–Crippen LogP) is 2.76. The molecule has 0 unspecified atom stereocenters. The normalized spacial score (nSPS) is 17.8. The Balaban J connectivity index is 1.30. The van der Waals surface area contributed by atoms with Gasteiger partial charge in [-0.05, 0) is 32.4 Å². The van der Waals surface area contributed by atoms with Gasteiger partial charge in [0.1, 0.15) is 28.9 Å². The lowest BCUT2D eigenvalue weighted by atomic mass is 10.1. The van der Waals surface area contributed by atoms with E-state index in [0.717, 1.165) is 61.4 Å². The molecule has 1 atom stereocenters. The Morgan fingerprint density at radius 1 is 1.20 bits per heavy atom. The standard InChI is InChI=1S/C27H38N10O3/c1-6-22-26(38)35(4)23-15-29-27(31-25(23)37(22)17(2)3)30-19-8-7-18(13-24(19)39-5)28-14-20-21(33-34-32-20)16-36-9-11-40-12-10-36/h7-8,13,15,17,22,28H,6,9-12,14,16H2,1-5H3,(H,29,30,31)(H,32,33,34)/t22-/m1/s1. The third kappa shape index (κ3) is 5.65. The maximum atomic E-state index is 12.9. The fourth-order valence-corrected chi connectivity index (χ4v) is 5.16. The zero-order chi connectivity index (χ0) is 28.2. The van der Waals surface area contributed by atoms with Gasteiger partial charge in [0, 0.05) is 44.5 Å². The summed E-state index contributed by atoms with van der Waals surface area (Å²) in [6, 6.07) is 5.64. The topological polar surface area (TPSA) is 137 Å². The van der Waals surface area contributed by atoms with Crippen LogP contribution in [0.25, 0.3) is 0 Å². The van der Waals surface area contributed by atoms with Gasteiger partial charge >= 0.3 is 0 Å². The number of fused-ring (bicyclic) bond motifs is 1. The number of morpholine rings is 1. The number of carbonyl (C=O) groups is 1. The maximum absolute atomic E-state index is 12.9. The molecular formula is C27H38N10O3. The fourth-order valence-electron chi connectivity index (χ4n) is 5.16. The van der Waals surface area contributed by atoms with Crippen molar-refractivity contribution in [3.8, 4) is 5.75 Å². The van der Waals surface area contributed by atoms with E-state index >= 15 is 0 Å². The summed E-state index contributed by atoms with van der Waals surface area (Å²) in [5.41, 5.74) is 4.11. The largest absolute Gasteiger partial charge is 0.494 e. The van der Waals surface area contributed by atoms with Crippen molar-refractivity contribution in [3.05, 3.63) is 35.8 Å². The van der Waals surface area contributed by atoms with E-state index in [-0.39, 0.29) is 18.0 Å². The van der Waals surface area contributed by atoms with E-state index in [4.69, 9.17) is 14.5 Å². The fraction of sp³-hybridized carbons (Fsp3) is 0.519. The highest BCUT2D eigenvalue weighted by Gasteiger charge is 2.38. The molecule has 0 radical (unpaired) electrons. The number of hydrogen-bond acceptors (Lipinski definition) is 11. The van der Waals surface area contributed by atoms with E-state index in [2.05, 4.69) is 54.7 Å². The Hall–Kier alpha value is -3.97. The molecule has 13 nitrogen and oxygen atoms in total. The Kier molecular flexibility index (Phi) is 8.31. The van der Waals surface area contributed by atoms with Crippen molar-refractivity contribution in [2.24, 2.45) is 0 Å². The summed E-state index contributed by atoms with van der Waals surface area (Å²) >= 11 is 0. The number of aromatic amines is 1. The molecule has 1 saturated heterocycles. The number of nitrogens with one attached hydrogen (secondary N) is 3. The van der Waals surface area contributed by atoms with Gasteiger partial charge in [-0.1, -0.05) is 6.92 Å². The van der Waals surface area contributed by atoms with Gasteiger partial charge in [0.05, 0.1) is 38.8 Å². The Bertz CT molecular complexity index is 1320. The third-order valence-corrected chi connectivity index (χ3v) is 7.34. The monoisotopic (exact) mass is 550 g/mol. The number of anilines is 5. The van der Waals surface area contributed by atoms with Gasteiger partial charge in [0.25, 0.3) is 0 Å². The van der Waals surface area contributed by atoms with Gasteiger partial charge in [0.2, 0.25) is 11.9 Å². The summed E-state index contributed by atoms with van der Waals surface area (Å²) in [5.74, 6) is 1.85. The SMILES string of the molecule is CC[C@@H]1C(=O)N(C)c2cnc(Nc3ccc(NCc4n[nH]nc4CN4CCOCC4)cc3OC)nc2N1C(C)C. The van der Waals surface area contributed by atoms with Crippen LogP contribution < -0.4 is 25.2 Å². The van der Waals surface area contributed by atoms with Gasteiger partial charge in [-0.2, -0.15) is 20.4 Å². The molecule has 40 heavy (non-hydrogen) atoms. The number of hydrogen-bond donors (Lipinski definition) is 3. The van der Waals surface area contributed by atoms with Crippen molar-refractivity contribution in [1.82, 2.24) is 30.3 Å². The lowest BCUT2D eigenvalue weighted by Crippen LogP contribution is -2.54. The van der Waals surface area contributed by atoms with Gasteiger partial charge in [0.15, 0.2) is 5.82 Å². The van der Waals surface area contributed by atoms with Crippen molar-refractivity contribution in [3.63, 3.8) is 0 Å². The van der Waals surface area contributed by atoms with Crippen LogP contribution >= 0.6 is 0 Å². The molecule has 2 aromatic heterocycles. The molecule has 0 spiro atoms. The zero-order valence-corrected chi connectivity index (χ0v) is 23.8. The molecule has 0 bridgehead atoms. The summed E-state index contributed by atoms with van der Waals surface area (Å²) in [6.45, 7) is 10.7. The summed E-state index contributed by atoms with van der Waals surface area (Å²) in [5, 5.41) is 18.2. The molecule has 2 aliphatic rings. The first-order chi connectivity index (χ1) is 19.4. The van der Waals surface area contributed by atoms with Crippen molar-refractivity contribution >= 4 is 34.7 Å². The first-order valence-electron chi connectivity index (χ1n) is 13.7. The van der Waals surface area contributed by atoms with E-state index in [0.29, 0.717) is 30.4 Å². The molecule has 1 amide bonds. The number of H-pyrrole nitrogens is 1. The lowest BCUT2D eigenvalue weighted by molar-refractivity contribution is -0.120. The van der Waals surface area contributed by atoms with Crippen LogP contribution in [0.15, 0.2) is 24.4 Å². The predicted molar refractivity (Wildman–Crippen MR) is 153 cm³/mol. The van der Waals surface area contributed by atoms with Crippen LogP contribution in [-0.4, -0.2) is 88.7 Å². The Morgan fingerprint density at radius 2 is 1.98 bits per heavy atom. The number of carbonyl (C=O) groups excluding carboxylic acids is 1. The second-order valence-electron chi connectivity index (χ2n) is 10.2. The first kappa shape index (κ1) is 27.6. The first-order valence-corrected chi connectivity index (χ1v) is 13.7. The van der Waals surface area contributed by atoms with Gasteiger partial charge in [-0.15, -0.1) is 0 Å². The molecule has 0 aliphatic carbocycles. The van der Waals surface area contributed by atoms with Crippen molar-refractivity contribution in [2.75, 3.05) is 60.9 Å². The van der Waals surface area contributed by atoms with Crippen LogP contribution in [0.3, 0.4) is 0 Å². The molecule has 13 heteroatoms. The van der Waals surface area contributed by atoms with Crippen LogP contribution in [0.2, 0.25) is 0 Å². The van der Waals surface area contributed by atoms with E-state index < -0.39 is 0 Å². The molecule has 3 aromatic rings. The Labute approximate surface area is 234 Å². The number of likely N-dealkylation sites (N-methyl/N-ethyl adjacent to an activating group) is 1. The van der Waals surface area contributed by atoms with E-state index in [9.17, 15) is 4.79 Å².